The molecule has 130 valence electrons. The van der Waals surface area contributed by atoms with Crippen molar-refractivity contribution in [3.05, 3.63) is 77.1 Å². The van der Waals surface area contributed by atoms with Gasteiger partial charge in [0, 0.05) is 28.6 Å². The predicted molar refractivity (Wildman–Crippen MR) is 101 cm³/mol. The highest BCUT2D eigenvalue weighted by Crippen LogP contribution is 2.28. The Kier molecular flexibility index (Phi) is 3.93. The summed E-state index contributed by atoms with van der Waals surface area (Å²) in [4.78, 5) is 20.6. The molecule has 2 aromatic heterocycles. The van der Waals surface area contributed by atoms with Crippen LogP contribution in [0.15, 0.2) is 54.7 Å². The third kappa shape index (κ3) is 2.62. The lowest BCUT2D eigenvalue weighted by molar-refractivity contribution is 0.103. The summed E-state index contributed by atoms with van der Waals surface area (Å²) >= 11 is 0. The fourth-order valence-electron chi connectivity index (χ4n) is 3.35. The Labute approximate surface area is 150 Å². The number of rotatable bonds is 4. The molecule has 0 fully saturated rings. The van der Waals surface area contributed by atoms with Crippen molar-refractivity contribution in [3.63, 3.8) is 0 Å². The highest BCUT2D eigenvalue weighted by molar-refractivity contribution is 6.10. The zero-order chi connectivity index (χ0) is 18.3. The first-order valence-electron chi connectivity index (χ1n) is 8.45. The number of imidazole rings is 1. The monoisotopic (exact) mass is 345 g/mol. The van der Waals surface area contributed by atoms with Crippen LogP contribution in [0.1, 0.15) is 27.2 Å². The molecule has 0 saturated heterocycles. The number of aromatic nitrogens is 3. The van der Waals surface area contributed by atoms with Crippen molar-refractivity contribution in [3.8, 4) is 11.4 Å². The van der Waals surface area contributed by atoms with Gasteiger partial charge in [0.25, 0.3) is 0 Å². The zero-order valence-corrected chi connectivity index (χ0v) is 14.7. The van der Waals surface area contributed by atoms with Crippen LogP contribution >= 0.6 is 0 Å². The number of nitrogens with one attached hydrogen (secondary N) is 1. The molecule has 0 atom stereocenters. The largest absolute Gasteiger partial charge is 0.376 e. The Morgan fingerprint density at radius 2 is 1.88 bits per heavy atom. The molecule has 2 heterocycles. The number of aromatic amines is 1. The van der Waals surface area contributed by atoms with Gasteiger partial charge in [-0.1, -0.05) is 30.3 Å². The van der Waals surface area contributed by atoms with Crippen LogP contribution in [0.25, 0.3) is 22.4 Å². The van der Waals surface area contributed by atoms with Gasteiger partial charge in [-0.15, -0.1) is 0 Å². The normalized spacial score (nSPS) is 11.2. The van der Waals surface area contributed by atoms with E-state index in [-0.39, 0.29) is 12.5 Å². The van der Waals surface area contributed by atoms with Gasteiger partial charge in [-0.25, -0.2) is 4.98 Å². The minimum Gasteiger partial charge on any atom is -0.376 e. The van der Waals surface area contributed by atoms with Crippen molar-refractivity contribution in [2.75, 3.05) is 0 Å². The molecule has 5 nitrogen and oxygen atoms in total. The van der Waals surface area contributed by atoms with E-state index in [0.717, 1.165) is 33.7 Å². The van der Waals surface area contributed by atoms with Crippen LogP contribution in [0.4, 0.5) is 0 Å². The minimum absolute atomic E-state index is 0.0116. The molecule has 0 unspecified atom stereocenters. The summed E-state index contributed by atoms with van der Waals surface area (Å²) in [6.45, 7) is 3.88. The maximum Gasteiger partial charge on any atom is 0.193 e. The van der Waals surface area contributed by atoms with Gasteiger partial charge in [-0.05, 0) is 37.6 Å². The van der Waals surface area contributed by atoms with Gasteiger partial charge in [-0.2, -0.15) is 0 Å². The lowest BCUT2D eigenvalue weighted by atomic mass is 10.0. The Hall–Kier alpha value is -3.18. The number of aliphatic hydroxyl groups is 1. The SMILES string of the molecule is Cc1cn(CO)c(C)c1-c1nc2ccc(C(=O)c3ccccc3)cc2[nH]1. The zero-order valence-electron chi connectivity index (χ0n) is 14.7. The van der Waals surface area contributed by atoms with E-state index < -0.39 is 0 Å². The van der Waals surface area contributed by atoms with Gasteiger partial charge in [-0.3, -0.25) is 4.79 Å². The van der Waals surface area contributed by atoms with E-state index in [1.807, 2.05) is 62.5 Å². The molecule has 0 aliphatic heterocycles. The number of fused-ring (bicyclic) bond motifs is 1. The molecule has 2 aromatic carbocycles. The number of hydrogen-bond acceptors (Lipinski definition) is 3. The van der Waals surface area contributed by atoms with E-state index in [2.05, 4.69) is 9.97 Å². The summed E-state index contributed by atoms with van der Waals surface area (Å²) < 4.78 is 1.78. The summed E-state index contributed by atoms with van der Waals surface area (Å²) in [6, 6.07) is 14.7. The molecule has 0 bridgehead atoms. The molecule has 0 aliphatic rings. The first-order chi connectivity index (χ1) is 12.6. The van der Waals surface area contributed by atoms with Crippen LogP contribution in [-0.4, -0.2) is 25.4 Å². The Morgan fingerprint density at radius 3 is 2.58 bits per heavy atom. The fraction of sp³-hybridized carbons (Fsp3) is 0.143. The van der Waals surface area contributed by atoms with E-state index in [4.69, 9.17) is 0 Å². The fourth-order valence-corrected chi connectivity index (χ4v) is 3.35. The average Bonchev–Trinajstić information content (AvgIpc) is 3.20. The number of carbonyl (C=O) groups excluding carboxylic acids is 1. The van der Waals surface area contributed by atoms with Crippen LogP contribution in [0, 0.1) is 13.8 Å². The molecule has 5 heteroatoms. The third-order valence-corrected chi connectivity index (χ3v) is 4.71. The predicted octanol–water partition coefficient (Wildman–Crippen LogP) is 3.83. The second-order valence-electron chi connectivity index (χ2n) is 6.40. The number of benzene rings is 2. The summed E-state index contributed by atoms with van der Waals surface area (Å²) in [5.74, 6) is 0.731. The van der Waals surface area contributed by atoms with E-state index in [1.54, 1.807) is 10.6 Å². The summed E-state index contributed by atoms with van der Waals surface area (Å²) in [6.07, 6.45) is 1.90. The van der Waals surface area contributed by atoms with Crippen molar-refractivity contribution in [2.45, 2.75) is 20.6 Å². The van der Waals surface area contributed by atoms with Gasteiger partial charge in [0.2, 0.25) is 0 Å². The van der Waals surface area contributed by atoms with E-state index in [1.165, 1.54) is 0 Å². The highest BCUT2D eigenvalue weighted by Gasteiger charge is 2.16. The summed E-state index contributed by atoms with van der Waals surface area (Å²) in [5, 5.41) is 9.44. The minimum atomic E-state index is -0.0668. The van der Waals surface area contributed by atoms with Crippen LogP contribution in [-0.2, 0) is 6.73 Å². The Bertz CT molecular complexity index is 1110. The molecule has 4 rings (SSSR count). The maximum atomic E-state index is 12.7. The molecule has 26 heavy (non-hydrogen) atoms. The second-order valence-corrected chi connectivity index (χ2v) is 6.40. The number of nitrogens with zero attached hydrogens (tertiary/aromatic N) is 2. The van der Waals surface area contributed by atoms with Gasteiger partial charge in [0.05, 0.1) is 11.0 Å². The van der Waals surface area contributed by atoms with Crippen molar-refractivity contribution in [1.29, 1.82) is 0 Å². The van der Waals surface area contributed by atoms with Crippen LogP contribution in [0.3, 0.4) is 0 Å². The van der Waals surface area contributed by atoms with E-state index >= 15 is 0 Å². The number of aryl methyl sites for hydroxylation is 1. The first-order valence-corrected chi connectivity index (χ1v) is 8.45. The van der Waals surface area contributed by atoms with Crippen LogP contribution in [0.2, 0.25) is 0 Å². The maximum absolute atomic E-state index is 12.7. The summed E-state index contributed by atoms with van der Waals surface area (Å²) in [7, 11) is 0. The molecule has 0 saturated carbocycles. The number of aliphatic hydroxyl groups excluding tert-OH is 1. The Balaban J connectivity index is 1.78. The summed E-state index contributed by atoms with van der Waals surface area (Å²) in [5.41, 5.74) is 5.88. The van der Waals surface area contributed by atoms with Gasteiger partial charge >= 0.3 is 0 Å². The topological polar surface area (TPSA) is 70.9 Å². The molecule has 0 radical (unpaired) electrons. The average molecular weight is 345 g/mol. The highest BCUT2D eigenvalue weighted by atomic mass is 16.3. The van der Waals surface area contributed by atoms with E-state index in [9.17, 15) is 9.90 Å². The van der Waals surface area contributed by atoms with Crippen molar-refractivity contribution < 1.29 is 9.90 Å². The molecular formula is C21H19N3O2. The number of ketones is 1. The third-order valence-electron chi connectivity index (χ3n) is 4.71. The van der Waals surface area contributed by atoms with Gasteiger partial charge in [0.1, 0.15) is 12.6 Å². The molecule has 0 amide bonds. The molecular weight excluding hydrogens is 326 g/mol. The number of H-pyrrole nitrogens is 1. The second kappa shape index (κ2) is 6.28. The Morgan fingerprint density at radius 1 is 1.12 bits per heavy atom. The quantitative estimate of drug-likeness (QED) is 0.552. The van der Waals surface area contributed by atoms with Crippen LogP contribution < -0.4 is 0 Å². The lowest BCUT2D eigenvalue weighted by Crippen LogP contribution is -2.00. The lowest BCUT2D eigenvalue weighted by Gasteiger charge is -2.01. The van der Waals surface area contributed by atoms with E-state index in [0.29, 0.717) is 11.1 Å². The van der Waals surface area contributed by atoms with Gasteiger partial charge in [0.15, 0.2) is 5.78 Å². The first kappa shape index (κ1) is 16.3. The standard InChI is InChI=1S/C21H19N3O2/c1-13-11-24(12-25)14(2)19(13)21-22-17-9-8-16(10-18(17)23-21)20(26)15-6-4-3-5-7-15/h3-11,25H,12H2,1-2H3,(H,22,23). The molecule has 0 spiro atoms. The molecule has 4 aromatic rings. The number of hydrogen-bond donors (Lipinski definition) is 2. The number of carbonyl (C=O) groups is 1. The van der Waals surface area contributed by atoms with Crippen molar-refractivity contribution in [2.24, 2.45) is 0 Å². The van der Waals surface area contributed by atoms with Crippen molar-refractivity contribution in [1.82, 2.24) is 14.5 Å². The molecule has 0 aliphatic carbocycles. The van der Waals surface area contributed by atoms with Gasteiger partial charge < -0.3 is 14.7 Å². The smallest absolute Gasteiger partial charge is 0.193 e. The van der Waals surface area contributed by atoms with Crippen LogP contribution in [0.5, 0.6) is 0 Å². The molecule has 2 N–H and O–H groups in total. The van der Waals surface area contributed by atoms with Crippen molar-refractivity contribution >= 4 is 16.8 Å².